The lowest BCUT2D eigenvalue weighted by molar-refractivity contribution is 0.0999. The predicted octanol–water partition coefficient (Wildman–Crippen LogP) is 6.35. The molecule has 0 fully saturated rings. The summed E-state index contributed by atoms with van der Waals surface area (Å²) in [4.78, 5) is 18.0. The molecule has 0 aliphatic carbocycles. The van der Waals surface area contributed by atoms with Crippen LogP contribution in [0.25, 0.3) is 27.9 Å². The highest BCUT2D eigenvalue weighted by Crippen LogP contribution is 2.25. The van der Waals surface area contributed by atoms with E-state index in [9.17, 15) is 4.79 Å². The first-order valence-electron chi connectivity index (χ1n) is 9.28. The number of nitrogens with zero attached hydrogens (tertiary/aromatic N) is 2. The summed E-state index contributed by atoms with van der Waals surface area (Å²) >= 11 is 7.50. The van der Waals surface area contributed by atoms with Crippen molar-refractivity contribution >= 4 is 39.8 Å². The van der Waals surface area contributed by atoms with Gasteiger partial charge in [-0.1, -0.05) is 60.1 Å². The third-order valence-corrected chi connectivity index (χ3v) is 5.85. The molecule has 3 aromatic carbocycles. The number of hydrogen-bond donors (Lipinski definition) is 0. The molecule has 0 saturated carbocycles. The summed E-state index contributed by atoms with van der Waals surface area (Å²) in [6.45, 7) is 0. The minimum atomic E-state index is -0.343. The Morgan fingerprint density at radius 3 is 2.47 bits per heavy atom. The summed E-state index contributed by atoms with van der Waals surface area (Å²) < 4.78 is 7.48. The smallest absolute Gasteiger partial charge is 0.283 e. The highest BCUT2D eigenvalue weighted by Gasteiger charge is 2.15. The number of rotatable bonds is 3. The van der Waals surface area contributed by atoms with Crippen molar-refractivity contribution in [2.75, 3.05) is 0 Å². The molecule has 0 aliphatic heterocycles. The first kappa shape index (κ1) is 18.6. The lowest BCUT2D eigenvalue weighted by atomic mass is 10.1. The number of thiazole rings is 1. The SMILES string of the molecule is O=C(N=c1scc(-c2ccccc2)n1-c1ccc(Cl)cc1)c1coc2ccccc12. The minimum absolute atomic E-state index is 0.343. The Morgan fingerprint density at radius 1 is 0.933 bits per heavy atom. The highest BCUT2D eigenvalue weighted by atomic mass is 35.5. The molecule has 0 saturated heterocycles. The summed E-state index contributed by atoms with van der Waals surface area (Å²) in [5, 5.41) is 3.41. The highest BCUT2D eigenvalue weighted by molar-refractivity contribution is 7.07. The van der Waals surface area contributed by atoms with E-state index >= 15 is 0 Å². The molecule has 0 atom stereocenters. The Bertz CT molecular complexity index is 1410. The van der Waals surface area contributed by atoms with Gasteiger partial charge in [0.1, 0.15) is 11.8 Å². The third-order valence-electron chi connectivity index (χ3n) is 4.77. The van der Waals surface area contributed by atoms with E-state index < -0.39 is 0 Å². The average Bonchev–Trinajstić information content (AvgIpc) is 3.39. The number of furan rings is 1. The maximum absolute atomic E-state index is 13.0. The maximum atomic E-state index is 13.0. The van der Waals surface area contributed by atoms with E-state index in [0.29, 0.717) is 21.0 Å². The quantitative estimate of drug-likeness (QED) is 0.335. The van der Waals surface area contributed by atoms with Crippen LogP contribution in [0.4, 0.5) is 0 Å². The zero-order valence-electron chi connectivity index (χ0n) is 15.7. The predicted molar refractivity (Wildman–Crippen MR) is 120 cm³/mol. The Kier molecular flexibility index (Phi) is 4.83. The summed E-state index contributed by atoms with van der Waals surface area (Å²) in [5.41, 5.74) is 3.97. The van der Waals surface area contributed by atoms with E-state index in [0.717, 1.165) is 22.3 Å². The molecule has 1 amide bonds. The fraction of sp³-hybridized carbons (Fsp3) is 0. The van der Waals surface area contributed by atoms with Gasteiger partial charge < -0.3 is 4.42 Å². The number of para-hydroxylation sites is 1. The van der Waals surface area contributed by atoms with Gasteiger partial charge in [-0.05, 0) is 35.9 Å². The molecular weight excluding hydrogens is 416 g/mol. The topological polar surface area (TPSA) is 47.5 Å². The number of carbonyl (C=O) groups is 1. The van der Waals surface area contributed by atoms with Crippen molar-refractivity contribution in [3.63, 3.8) is 0 Å². The minimum Gasteiger partial charge on any atom is -0.463 e. The van der Waals surface area contributed by atoms with E-state index in [1.54, 1.807) is 0 Å². The molecule has 0 unspecified atom stereocenters. The van der Waals surface area contributed by atoms with Gasteiger partial charge in [0.2, 0.25) is 0 Å². The van der Waals surface area contributed by atoms with Crippen LogP contribution in [-0.4, -0.2) is 10.5 Å². The Labute approximate surface area is 181 Å². The van der Waals surface area contributed by atoms with Crippen LogP contribution in [0.1, 0.15) is 10.4 Å². The van der Waals surface area contributed by atoms with Gasteiger partial charge in [-0.15, -0.1) is 11.3 Å². The molecule has 5 aromatic rings. The molecule has 5 rings (SSSR count). The number of amides is 1. The van der Waals surface area contributed by atoms with Crippen molar-refractivity contribution in [3.8, 4) is 16.9 Å². The second kappa shape index (κ2) is 7.78. The molecule has 4 nitrogen and oxygen atoms in total. The van der Waals surface area contributed by atoms with Crippen LogP contribution in [-0.2, 0) is 0 Å². The van der Waals surface area contributed by atoms with Crippen LogP contribution in [0.2, 0.25) is 5.02 Å². The van der Waals surface area contributed by atoms with Gasteiger partial charge in [0.05, 0.1) is 11.3 Å². The Balaban J connectivity index is 1.69. The van der Waals surface area contributed by atoms with E-state index in [-0.39, 0.29) is 5.91 Å². The van der Waals surface area contributed by atoms with Crippen molar-refractivity contribution in [2.45, 2.75) is 0 Å². The fourth-order valence-electron chi connectivity index (χ4n) is 3.33. The number of aromatic nitrogens is 1. The molecule has 2 heterocycles. The maximum Gasteiger partial charge on any atom is 0.283 e. The molecule has 2 aromatic heterocycles. The molecule has 0 bridgehead atoms. The van der Waals surface area contributed by atoms with Crippen LogP contribution in [0.15, 0.2) is 99.9 Å². The van der Waals surface area contributed by atoms with Gasteiger partial charge >= 0.3 is 0 Å². The van der Waals surface area contributed by atoms with Crippen molar-refractivity contribution in [1.29, 1.82) is 0 Å². The van der Waals surface area contributed by atoms with Gasteiger partial charge in [-0.25, -0.2) is 0 Å². The van der Waals surface area contributed by atoms with Gasteiger partial charge in [0, 0.05) is 21.5 Å². The van der Waals surface area contributed by atoms with Gasteiger partial charge in [-0.3, -0.25) is 9.36 Å². The summed E-state index contributed by atoms with van der Waals surface area (Å²) in [7, 11) is 0. The first-order valence-corrected chi connectivity index (χ1v) is 10.5. The number of benzene rings is 3. The third kappa shape index (κ3) is 3.38. The van der Waals surface area contributed by atoms with Crippen molar-refractivity contribution < 1.29 is 9.21 Å². The van der Waals surface area contributed by atoms with Crippen molar-refractivity contribution in [1.82, 2.24) is 4.57 Å². The van der Waals surface area contributed by atoms with Crippen LogP contribution < -0.4 is 4.80 Å². The number of hydrogen-bond acceptors (Lipinski definition) is 3. The zero-order chi connectivity index (χ0) is 20.5. The van der Waals surface area contributed by atoms with Crippen molar-refractivity contribution in [3.05, 3.63) is 106 Å². The van der Waals surface area contributed by atoms with Crippen LogP contribution in [0, 0.1) is 0 Å². The lowest BCUT2D eigenvalue weighted by Crippen LogP contribution is -2.16. The Hall–Kier alpha value is -3.41. The fourth-order valence-corrected chi connectivity index (χ4v) is 4.36. The Morgan fingerprint density at radius 2 is 1.67 bits per heavy atom. The number of fused-ring (bicyclic) bond motifs is 1. The standard InChI is InChI=1S/C24H15ClN2O2S/c25-17-10-12-18(13-11-17)27-21(16-6-2-1-3-7-16)15-30-24(27)26-23(28)20-14-29-22-9-5-4-8-19(20)22/h1-15H. The van der Waals surface area contributed by atoms with E-state index in [4.69, 9.17) is 16.0 Å². The molecule has 0 aliphatic rings. The van der Waals surface area contributed by atoms with E-state index in [1.165, 1.54) is 17.6 Å². The van der Waals surface area contributed by atoms with E-state index in [1.807, 2.05) is 88.8 Å². The van der Waals surface area contributed by atoms with Crippen LogP contribution in [0.3, 0.4) is 0 Å². The second-order valence-electron chi connectivity index (χ2n) is 6.64. The molecule has 0 spiro atoms. The van der Waals surface area contributed by atoms with Crippen molar-refractivity contribution in [2.24, 2.45) is 4.99 Å². The summed E-state index contributed by atoms with van der Waals surface area (Å²) in [6, 6.07) is 24.9. The number of carbonyl (C=O) groups excluding carboxylic acids is 1. The molecule has 30 heavy (non-hydrogen) atoms. The molecule has 6 heteroatoms. The summed E-state index contributed by atoms with van der Waals surface area (Å²) in [6.07, 6.45) is 1.47. The molecule has 146 valence electrons. The van der Waals surface area contributed by atoms with Crippen LogP contribution >= 0.6 is 22.9 Å². The monoisotopic (exact) mass is 430 g/mol. The molecule has 0 radical (unpaired) electrons. The number of halogens is 1. The van der Waals surface area contributed by atoms with E-state index in [2.05, 4.69) is 4.99 Å². The lowest BCUT2D eigenvalue weighted by Gasteiger charge is -2.09. The van der Waals surface area contributed by atoms with Crippen LogP contribution in [0.5, 0.6) is 0 Å². The molecule has 0 N–H and O–H groups in total. The zero-order valence-corrected chi connectivity index (χ0v) is 17.2. The second-order valence-corrected chi connectivity index (χ2v) is 7.92. The summed E-state index contributed by atoms with van der Waals surface area (Å²) in [5.74, 6) is -0.343. The average molecular weight is 431 g/mol. The van der Waals surface area contributed by atoms with Gasteiger partial charge in [0.25, 0.3) is 5.91 Å². The first-order chi connectivity index (χ1) is 14.7. The molecular formula is C24H15ClN2O2S. The van der Waals surface area contributed by atoms with Gasteiger partial charge in [0.15, 0.2) is 4.80 Å². The normalized spacial score (nSPS) is 11.8. The van der Waals surface area contributed by atoms with Gasteiger partial charge in [-0.2, -0.15) is 4.99 Å². The largest absolute Gasteiger partial charge is 0.463 e.